The van der Waals surface area contributed by atoms with Gasteiger partial charge in [-0.05, 0) is 12.1 Å². The van der Waals surface area contributed by atoms with E-state index in [2.05, 4.69) is 0 Å². The number of carbonyl (C=O) groups excluding carboxylic acids is 2. The minimum absolute atomic E-state index is 0.0471. The zero-order valence-corrected chi connectivity index (χ0v) is 12.3. The number of primary amides is 1. The van der Waals surface area contributed by atoms with E-state index in [0.29, 0.717) is 6.61 Å². The van der Waals surface area contributed by atoms with Gasteiger partial charge in [-0.3, -0.25) is 9.59 Å². The van der Waals surface area contributed by atoms with Crippen LogP contribution in [0.1, 0.15) is 10.4 Å². The second-order valence-electron chi connectivity index (χ2n) is 5.03. The molecule has 0 saturated carbocycles. The Hall–Kier alpha value is -1.66. The van der Waals surface area contributed by atoms with Gasteiger partial charge in [0.25, 0.3) is 5.91 Å². The van der Waals surface area contributed by atoms with Crippen LogP contribution in [0.2, 0.25) is 5.02 Å². The van der Waals surface area contributed by atoms with E-state index in [0.717, 1.165) is 0 Å². The molecule has 1 saturated heterocycles. The standard InChI is InChI=1S/C14H16ClFN2O3/c1-21-7-8-5-18(6-9(8)13(17)19)14(20)12-10(15)3-2-4-11(12)16/h2-4,8-9H,5-7H2,1H3,(H2,17,19)/t8-,9+/m0/s1. The zero-order chi connectivity index (χ0) is 15.6. The van der Waals surface area contributed by atoms with E-state index in [1.807, 2.05) is 0 Å². The summed E-state index contributed by atoms with van der Waals surface area (Å²) in [6.07, 6.45) is 0. The van der Waals surface area contributed by atoms with Gasteiger partial charge in [-0.2, -0.15) is 0 Å². The Kier molecular flexibility index (Phi) is 4.80. The van der Waals surface area contributed by atoms with Gasteiger partial charge >= 0.3 is 0 Å². The van der Waals surface area contributed by atoms with Crippen LogP contribution in [0.3, 0.4) is 0 Å². The van der Waals surface area contributed by atoms with Crippen molar-refractivity contribution < 1.29 is 18.7 Å². The van der Waals surface area contributed by atoms with Crippen LogP contribution in [-0.4, -0.2) is 43.5 Å². The predicted molar refractivity (Wildman–Crippen MR) is 75.4 cm³/mol. The molecule has 1 fully saturated rings. The van der Waals surface area contributed by atoms with Gasteiger partial charge in [0.05, 0.1) is 23.1 Å². The molecule has 2 N–H and O–H groups in total. The van der Waals surface area contributed by atoms with Crippen LogP contribution in [0.5, 0.6) is 0 Å². The van der Waals surface area contributed by atoms with Gasteiger partial charge < -0.3 is 15.4 Å². The predicted octanol–water partition coefficient (Wildman–Crippen LogP) is 1.30. The maximum atomic E-state index is 13.8. The maximum Gasteiger partial charge on any atom is 0.258 e. The SMILES string of the molecule is COC[C@@H]1CN(C(=O)c2c(F)cccc2Cl)C[C@H]1C(N)=O. The molecular weight excluding hydrogens is 299 g/mol. The minimum atomic E-state index is -0.682. The Morgan fingerprint density at radius 2 is 2.19 bits per heavy atom. The highest BCUT2D eigenvalue weighted by atomic mass is 35.5. The largest absolute Gasteiger partial charge is 0.384 e. The number of likely N-dealkylation sites (tertiary alicyclic amines) is 1. The average molecular weight is 315 g/mol. The molecule has 0 aromatic heterocycles. The van der Waals surface area contributed by atoms with Crippen molar-refractivity contribution in [2.75, 3.05) is 26.8 Å². The summed E-state index contributed by atoms with van der Waals surface area (Å²) in [5, 5.41) is 0.0471. The summed E-state index contributed by atoms with van der Waals surface area (Å²) in [5.41, 5.74) is 5.17. The molecule has 1 aromatic carbocycles. The number of methoxy groups -OCH3 is 1. The third kappa shape index (κ3) is 3.16. The molecule has 1 aliphatic rings. The van der Waals surface area contributed by atoms with Gasteiger partial charge in [-0.1, -0.05) is 17.7 Å². The van der Waals surface area contributed by atoms with Gasteiger partial charge in [0.1, 0.15) is 5.82 Å². The van der Waals surface area contributed by atoms with Crippen LogP contribution < -0.4 is 5.73 Å². The van der Waals surface area contributed by atoms with Gasteiger partial charge in [0, 0.05) is 26.1 Å². The number of rotatable bonds is 4. The van der Waals surface area contributed by atoms with Crippen molar-refractivity contribution in [2.24, 2.45) is 17.6 Å². The molecule has 2 rings (SSSR count). The van der Waals surface area contributed by atoms with Crippen molar-refractivity contribution >= 4 is 23.4 Å². The number of hydrogen-bond donors (Lipinski definition) is 1. The summed E-state index contributed by atoms with van der Waals surface area (Å²) in [4.78, 5) is 25.3. The molecular formula is C14H16ClFN2O3. The molecule has 2 atom stereocenters. The molecule has 0 radical (unpaired) electrons. The van der Waals surface area contributed by atoms with E-state index in [1.165, 1.54) is 30.2 Å². The Morgan fingerprint density at radius 3 is 2.76 bits per heavy atom. The van der Waals surface area contributed by atoms with Gasteiger partial charge in [-0.15, -0.1) is 0 Å². The number of carbonyl (C=O) groups is 2. The lowest BCUT2D eigenvalue weighted by molar-refractivity contribution is -0.122. The molecule has 1 heterocycles. The van der Waals surface area contributed by atoms with E-state index in [4.69, 9.17) is 22.1 Å². The number of hydrogen-bond acceptors (Lipinski definition) is 3. The number of ether oxygens (including phenoxy) is 1. The second kappa shape index (κ2) is 6.41. The summed E-state index contributed by atoms with van der Waals surface area (Å²) in [5.74, 6) is -2.41. The smallest absolute Gasteiger partial charge is 0.258 e. The van der Waals surface area contributed by atoms with E-state index >= 15 is 0 Å². The fourth-order valence-corrected chi connectivity index (χ4v) is 2.85. The summed E-state index contributed by atoms with van der Waals surface area (Å²) < 4.78 is 18.8. The summed E-state index contributed by atoms with van der Waals surface area (Å²) in [6.45, 7) is 0.736. The highest BCUT2D eigenvalue weighted by molar-refractivity contribution is 6.33. The summed E-state index contributed by atoms with van der Waals surface area (Å²) >= 11 is 5.90. The van der Waals surface area contributed by atoms with E-state index in [1.54, 1.807) is 0 Å². The molecule has 2 amide bonds. The summed E-state index contributed by atoms with van der Waals surface area (Å²) in [6, 6.07) is 4.05. The lowest BCUT2D eigenvalue weighted by Gasteiger charge is -2.17. The van der Waals surface area contributed by atoms with Crippen LogP contribution in [0, 0.1) is 17.7 Å². The van der Waals surface area contributed by atoms with Crippen molar-refractivity contribution in [3.05, 3.63) is 34.6 Å². The number of nitrogens with two attached hydrogens (primary N) is 1. The molecule has 0 unspecified atom stereocenters. The molecule has 5 nitrogen and oxygen atoms in total. The number of benzene rings is 1. The van der Waals surface area contributed by atoms with E-state index < -0.39 is 23.5 Å². The Morgan fingerprint density at radius 1 is 1.48 bits per heavy atom. The highest BCUT2D eigenvalue weighted by Gasteiger charge is 2.39. The number of halogens is 2. The Bertz CT molecular complexity index is 547. The molecule has 0 spiro atoms. The normalized spacial score (nSPS) is 21.6. The molecule has 0 bridgehead atoms. The fraction of sp³-hybridized carbons (Fsp3) is 0.429. The van der Waals surface area contributed by atoms with Crippen molar-refractivity contribution in [2.45, 2.75) is 0 Å². The third-order valence-corrected chi connectivity index (χ3v) is 3.97. The van der Waals surface area contributed by atoms with Crippen molar-refractivity contribution in [1.82, 2.24) is 4.90 Å². The topological polar surface area (TPSA) is 72.6 Å². The monoisotopic (exact) mass is 314 g/mol. The number of nitrogens with zero attached hydrogens (tertiary/aromatic N) is 1. The Labute approximate surface area is 126 Å². The van der Waals surface area contributed by atoms with Crippen LogP contribution in [0.25, 0.3) is 0 Å². The zero-order valence-electron chi connectivity index (χ0n) is 11.5. The first-order valence-electron chi connectivity index (χ1n) is 6.47. The van der Waals surface area contributed by atoms with Crippen LogP contribution in [0.4, 0.5) is 4.39 Å². The first-order valence-corrected chi connectivity index (χ1v) is 6.85. The quantitative estimate of drug-likeness (QED) is 0.910. The average Bonchev–Trinajstić information content (AvgIpc) is 2.83. The van der Waals surface area contributed by atoms with Gasteiger partial charge in [0.2, 0.25) is 5.91 Å². The van der Waals surface area contributed by atoms with Crippen molar-refractivity contribution in [3.63, 3.8) is 0 Å². The van der Waals surface area contributed by atoms with Crippen LogP contribution in [0.15, 0.2) is 18.2 Å². The third-order valence-electron chi connectivity index (χ3n) is 3.65. The first kappa shape index (κ1) is 15.7. The molecule has 0 aliphatic carbocycles. The van der Waals surface area contributed by atoms with E-state index in [9.17, 15) is 14.0 Å². The molecule has 1 aliphatic heterocycles. The van der Waals surface area contributed by atoms with Crippen LogP contribution in [-0.2, 0) is 9.53 Å². The molecule has 1 aromatic rings. The molecule has 21 heavy (non-hydrogen) atoms. The molecule has 114 valence electrons. The summed E-state index contributed by atoms with van der Waals surface area (Å²) in [7, 11) is 1.51. The van der Waals surface area contributed by atoms with Gasteiger partial charge in [-0.25, -0.2) is 4.39 Å². The minimum Gasteiger partial charge on any atom is -0.384 e. The number of amides is 2. The lowest BCUT2D eigenvalue weighted by Crippen LogP contribution is -2.32. The highest BCUT2D eigenvalue weighted by Crippen LogP contribution is 2.28. The molecule has 7 heteroatoms. The van der Waals surface area contributed by atoms with Gasteiger partial charge in [0.15, 0.2) is 0 Å². The first-order chi connectivity index (χ1) is 9.95. The van der Waals surface area contributed by atoms with Crippen LogP contribution >= 0.6 is 11.6 Å². The second-order valence-corrected chi connectivity index (χ2v) is 5.44. The van der Waals surface area contributed by atoms with Crippen molar-refractivity contribution in [3.8, 4) is 0 Å². The van der Waals surface area contributed by atoms with E-state index in [-0.39, 0.29) is 29.6 Å². The fourth-order valence-electron chi connectivity index (χ4n) is 2.60. The Balaban J connectivity index is 2.23. The lowest BCUT2D eigenvalue weighted by atomic mass is 9.96. The van der Waals surface area contributed by atoms with Crippen molar-refractivity contribution in [1.29, 1.82) is 0 Å². The maximum absolute atomic E-state index is 13.8.